The summed E-state index contributed by atoms with van der Waals surface area (Å²) in [6.07, 6.45) is 1.72. The van der Waals surface area contributed by atoms with Crippen LogP contribution in [0.2, 0.25) is 0 Å². The molecule has 6 nitrogen and oxygen atoms in total. The van der Waals surface area contributed by atoms with E-state index < -0.39 is 12.0 Å². The SMILES string of the molecule is CCOC(=O)C1=C(C)N=c2s/c(=C\c3ccc(C)o3)c(=O)n2[C@@H]1c1cccc2ccccc12. The molecule has 5 rings (SSSR count). The molecule has 1 aliphatic heterocycles. The Morgan fingerprint density at radius 1 is 1.15 bits per heavy atom. The van der Waals surface area contributed by atoms with Gasteiger partial charge < -0.3 is 9.15 Å². The van der Waals surface area contributed by atoms with E-state index in [9.17, 15) is 9.59 Å². The van der Waals surface area contributed by atoms with Crippen LogP contribution in [0.25, 0.3) is 16.8 Å². The van der Waals surface area contributed by atoms with Crippen LogP contribution in [0, 0.1) is 6.92 Å². The van der Waals surface area contributed by atoms with Gasteiger partial charge in [-0.2, -0.15) is 0 Å². The van der Waals surface area contributed by atoms with Crippen LogP contribution < -0.4 is 14.9 Å². The Hall–Kier alpha value is -3.71. The number of ether oxygens (including phenoxy) is 1. The lowest BCUT2D eigenvalue weighted by Crippen LogP contribution is -2.40. The predicted octanol–water partition coefficient (Wildman–Crippen LogP) is 3.85. The van der Waals surface area contributed by atoms with E-state index in [-0.39, 0.29) is 12.2 Å². The summed E-state index contributed by atoms with van der Waals surface area (Å²) in [5, 5.41) is 2.00. The molecule has 0 aliphatic carbocycles. The summed E-state index contributed by atoms with van der Waals surface area (Å²) in [5.41, 5.74) is 1.56. The Balaban J connectivity index is 1.81. The number of carbonyl (C=O) groups excluding carboxylic acids is 1. The van der Waals surface area contributed by atoms with E-state index >= 15 is 0 Å². The summed E-state index contributed by atoms with van der Waals surface area (Å²) in [6.45, 7) is 5.65. The number of carbonyl (C=O) groups is 1. The number of rotatable bonds is 4. The number of aryl methyl sites for hydroxylation is 1. The first-order valence-electron chi connectivity index (χ1n) is 10.7. The highest BCUT2D eigenvalue weighted by Crippen LogP contribution is 2.34. The Kier molecular flexibility index (Phi) is 5.34. The second kappa shape index (κ2) is 8.33. The van der Waals surface area contributed by atoms with Crippen LogP contribution in [0.5, 0.6) is 0 Å². The van der Waals surface area contributed by atoms with Gasteiger partial charge in [0, 0.05) is 6.08 Å². The highest BCUT2D eigenvalue weighted by atomic mass is 32.1. The number of aromatic nitrogens is 1. The number of thiazole rings is 1. The van der Waals surface area contributed by atoms with Gasteiger partial charge >= 0.3 is 5.97 Å². The number of fused-ring (bicyclic) bond motifs is 2. The molecule has 7 heteroatoms. The molecule has 0 fully saturated rings. The van der Waals surface area contributed by atoms with Crippen LogP contribution in [0.4, 0.5) is 0 Å². The molecule has 2 aromatic heterocycles. The average molecular weight is 459 g/mol. The topological polar surface area (TPSA) is 73.8 Å². The van der Waals surface area contributed by atoms with Crippen molar-refractivity contribution in [1.82, 2.24) is 4.57 Å². The Morgan fingerprint density at radius 3 is 2.70 bits per heavy atom. The summed E-state index contributed by atoms with van der Waals surface area (Å²) in [7, 11) is 0. The number of esters is 1. The van der Waals surface area contributed by atoms with Crippen LogP contribution in [0.15, 0.2) is 80.1 Å². The molecular formula is C26H22N2O4S. The van der Waals surface area contributed by atoms with Crippen molar-refractivity contribution >= 4 is 34.2 Å². The standard InChI is InChI=1S/C26H22N2O4S/c1-4-31-25(30)22-16(3)27-26-28(24(29)21(33-26)14-18-13-12-15(2)32-18)23(22)20-11-7-9-17-8-5-6-10-19(17)20/h5-14,23H,4H2,1-3H3/b21-14-/t23-/m1/s1. The minimum Gasteiger partial charge on any atom is -0.463 e. The molecule has 33 heavy (non-hydrogen) atoms. The van der Waals surface area contributed by atoms with E-state index in [2.05, 4.69) is 4.99 Å². The van der Waals surface area contributed by atoms with Crippen molar-refractivity contribution in [3.05, 3.63) is 103 Å². The fraction of sp³-hybridized carbons (Fsp3) is 0.192. The zero-order chi connectivity index (χ0) is 23.1. The van der Waals surface area contributed by atoms with Gasteiger partial charge in [-0.05, 0) is 49.2 Å². The van der Waals surface area contributed by atoms with Gasteiger partial charge in [-0.15, -0.1) is 0 Å². The number of hydrogen-bond donors (Lipinski definition) is 0. The Labute approximate surface area is 193 Å². The van der Waals surface area contributed by atoms with Crippen molar-refractivity contribution in [2.45, 2.75) is 26.8 Å². The Bertz CT molecular complexity index is 1600. The van der Waals surface area contributed by atoms with Crippen molar-refractivity contribution in [3.63, 3.8) is 0 Å². The van der Waals surface area contributed by atoms with E-state index in [1.807, 2.05) is 61.5 Å². The fourth-order valence-corrected chi connectivity index (χ4v) is 5.26. The molecular weight excluding hydrogens is 436 g/mol. The van der Waals surface area contributed by atoms with Crippen molar-refractivity contribution in [3.8, 4) is 0 Å². The summed E-state index contributed by atoms with van der Waals surface area (Å²) < 4.78 is 13.1. The first-order valence-corrected chi connectivity index (χ1v) is 11.5. The zero-order valence-corrected chi connectivity index (χ0v) is 19.3. The number of hydrogen-bond acceptors (Lipinski definition) is 6. The molecule has 1 aliphatic rings. The third kappa shape index (κ3) is 3.64. The van der Waals surface area contributed by atoms with Crippen molar-refractivity contribution in [1.29, 1.82) is 0 Å². The smallest absolute Gasteiger partial charge is 0.338 e. The molecule has 166 valence electrons. The van der Waals surface area contributed by atoms with Crippen LogP contribution in [0.1, 0.15) is 37.0 Å². The van der Waals surface area contributed by atoms with Crippen LogP contribution in [0.3, 0.4) is 0 Å². The first kappa shape index (κ1) is 21.2. The van der Waals surface area contributed by atoms with Crippen molar-refractivity contribution in [2.24, 2.45) is 4.99 Å². The van der Waals surface area contributed by atoms with Crippen molar-refractivity contribution < 1.29 is 13.9 Å². The van der Waals surface area contributed by atoms with E-state index in [0.29, 0.717) is 26.4 Å². The molecule has 0 spiro atoms. The van der Waals surface area contributed by atoms with Gasteiger partial charge in [-0.1, -0.05) is 53.8 Å². The van der Waals surface area contributed by atoms with Gasteiger partial charge in [0.2, 0.25) is 0 Å². The molecule has 0 saturated carbocycles. The van der Waals surface area contributed by atoms with E-state index in [1.165, 1.54) is 11.3 Å². The molecule has 3 heterocycles. The van der Waals surface area contributed by atoms with Crippen molar-refractivity contribution in [2.75, 3.05) is 6.61 Å². The minimum atomic E-state index is -0.646. The highest BCUT2D eigenvalue weighted by molar-refractivity contribution is 7.07. The minimum absolute atomic E-state index is 0.222. The zero-order valence-electron chi connectivity index (χ0n) is 18.5. The van der Waals surface area contributed by atoms with Crippen LogP contribution in [-0.4, -0.2) is 17.1 Å². The number of allylic oxidation sites excluding steroid dienone is 1. The molecule has 0 unspecified atom stereocenters. The van der Waals surface area contributed by atoms with Crippen LogP contribution >= 0.6 is 11.3 Å². The second-order valence-corrected chi connectivity index (χ2v) is 8.83. The molecule has 0 bridgehead atoms. The summed E-state index contributed by atoms with van der Waals surface area (Å²) in [4.78, 5) is 31.9. The Morgan fingerprint density at radius 2 is 1.94 bits per heavy atom. The number of furan rings is 1. The number of benzene rings is 2. The molecule has 0 radical (unpaired) electrons. The van der Waals surface area contributed by atoms with Gasteiger partial charge in [0.05, 0.1) is 28.5 Å². The summed E-state index contributed by atoms with van der Waals surface area (Å²) in [5.74, 6) is 0.900. The average Bonchev–Trinajstić information content (AvgIpc) is 3.35. The van der Waals surface area contributed by atoms with Gasteiger partial charge in [-0.3, -0.25) is 9.36 Å². The van der Waals surface area contributed by atoms with Crippen LogP contribution in [-0.2, 0) is 9.53 Å². The van der Waals surface area contributed by atoms with E-state index in [4.69, 9.17) is 9.15 Å². The predicted molar refractivity (Wildman–Crippen MR) is 128 cm³/mol. The van der Waals surface area contributed by atoms with Gasteiger partial charge in [0.25, 0.3) is 5.56 Å². The molecule has 0 amide bonds. The quantitative estimate of drug-likeness (QED) is 0.436. The maximum absolute atomic E-state index is 13.6. The molecule has 0 saturated heterocycles. The molecule has 4 aromatic rings. The van der Waals surface area contributed by atoms with Gasteiger partial charge in [0.1, 0.15) is 11.5 Å². The van der Waals surface area contributed by atoms with Gasteiger partial charge in [-0.25, -0.2) is 9.79 Å². The summed E-state index contributed by atoms with van der Waals surface area (Å²) >= 11 is 1.28. The second-order valence-electron chi connectivity index (χ2n) is 7.82. The van der Waals surface area contributed by atoms with Gasteiger partial charge in [0.15, 0.2) is 4.80 Å². The lowest BCUT2D eigenvalue weighted by atomic mass is 9.91. The highest BCUT2D eigenvalue weighted by Gasteiger charge is 2.34. The fourth-order valence-electron chi connectivity index (χ4n) is 4.23. The maximum atomic E-state index is 13.6. The number of nitrogens with zero attached hydrogens (tertiary/aromatic N) is 2. The molecule has 2 aromatic carbocycles. The lowest BCUT2D eigenvalue weighted by molar-refractivity contribution is -0.139. The maximum Gasteiger partial charge on any atom is 0.338 e. The van der Waals surface area contributed by atoms with E-state index in [0.717, 1.165) is 22.1 Å². The normalized spacial score (nSPS) is 16.1. The summed E-state index contributed by atoms with van der Waals surface area (Å²) in [6, 6.07) is 16.9. The largest absolute Gasteiger partial charge is 0.463 e. The molecule has 0 N–H and O–H groups in total. The molecule has 1 atom stereocenters. The third-order valence-electron chi connectivity index (χ3n) is 5.67. The monoisotopic (exact) mass is 458 g/mol. The van der Waals surface area contributed by atoms with E-state index in [1.54, 1.807) is 24.5 Å². The third-order valence-corrected chi connectivity index (χ3v) is 6.65. The first-order chi connectivity index (χ1) is 16.0. The lowest BCUT2D eigenvalue weighted by Gasteiger charge is -2.25.